The average Bonchev–Trinajstić information content (AvgIpc) is 2.48. The summed E-state index contributed by atoms with van der Waals surface area (Å²) in [6.45, 7) is 4.87. The smallest absolute Gasteiger partial charge is 0.236 e. The Morgan fingerprint density at radius 3 is 2.55 bits per heavy atom. The van der Waals surface area contributed by atoms with E-state index in [2.05, 4.69) is 10.2 Å². The highest BCUT2D eigenvalue weighted by Crippen LogP contribution is 2.18. The van der Waals surface area contributed by atoms with Crippen LogP contribution in [-0.2, 0) is 11.3 Å². The Balaban J connectivity index is 0.00000220. The summed E-state index contributed by atoms with van der Waals surface area (Å²) in [5.74, 6) is 0.979. The third kappa shape index (κ3) is 6.01. The molecule has 22 heavy (non-hydrogen) atoms. The number of carbonyl (C=O) groups excluding carboxylic acids is 1. The highest BCUT2D eigenvalue weighted by Gasteiger charge is 2.17. The van der Waals surface area contributed by atoms with Crippen LogP contribution in [-0.4, -0.2) is 62.6 Å². The third-order valence-electron chi connectivity index (χ3n) is 3.59. The number of likely N-dealkylation sites (N-methyl/N-ethyl adjacent to an activating group) is 1. The molecule has 126 valence electrons. The number of benzene rings is 1. The highest BCUT2D eigenvalue weighted by atomic mass is 35.5. The molecule has 0 bridgehead atoms. The summed E-state index contributed by atoms with van der Waals surface area (Å²) in [5, 5.41) is 3.29. The first kappa shape index (κ1) is 21.0. The molecule has 0 unspecified atom stereocenters. The van der Waals surface area contributed by atoms with Gasteiger partial charge in [0, 0.05) is 45.3 Å². The third-order valence-corrected chi connectivity index (χ3v) is 3.59. The zero-order chi connectivity index (χ0) is 14.4. The number of halogens is 2. The van der Waals surface area contributed by atoms with Gasteiger partial charge in [0.15, 0.2) is 0 Å². The molecule has 1 fully saturated rings. The number of hydrogen-bond acceptors (Lipinski definition) is 4. The summed E-state index contributed by atoms with van der Waals surface area (Å²) in [6, 6.07) is 7.81. The molecule has 1 N–H and O–H groups in total. The summed E-state index contributed by atoms with van der Waals surface area (Å²) in [4.78, 5) is 16.2. The number of ether oxygens (including phenoxy) is 1. The molecule has 0 spiro atoms. The standard InChI is InChI=1S/C15H23N3O2.2ClH/c1-17(11-13-5-3-4-6-14(13)20-2)15(19)12-18-9-7-16-8-10-18;;/h3-6,16H,7-12H2,1-2H3;2*1H. The Labute approximate surface area is 144 Å². The zero-order valence-corrected chi connectivity index (χ0v) is 14.7. The van der Waals surface area contributed by atoms with Crippen molar-refractivity contribution < 1.29 is 9.53 Å². The minimum absolute atomic E-state index is 0. The minimum Gasteiger partial charge on any atom is -0.496 e. The Hall–Kier alpha value is -1.01. The van der Waals surface area contributed by atoms with Gasteiger partial charge in [-0.2, -0.15) is 0 Å². The van der Waals surface area contributed by atoms with Crippen LogP contribution in [0.25, 0.3) is 0 Å². The van der Waals surface area contributed by atoms with Crippen LogP contribution in [0.4, 0.5) is 0 Å². The first-order valence-corrected chi connectivity index (χ1v) is 6.99. The molecule has 2 rings (SSSR count). The fraction of sp³-hybridized carbons (Fsp3) is 0.533. The van der Waals surface area contributed by atoms with Gasteiger partial charge in [-0.25, -0.2) is 0 Å². The largest absolute Gasteiger partial charge is 0.496 e. The molecule has 1 aliphatic rings. The predicted octanol–water partition coefficient (Wildman–Crippen LogP) is 1.40. The SMILES string of the molecule is COc1ccccc1CN(C)C(=O)CN1CCNCC1.Cl.Cl. The molecule has 1 aromatic rings. The number of hydrogen-bond donors (Lipinski definition) is 1. The van der Waals surface area contributed by atoms with Crippen LogP contribution in [0.5, 0.6) is 5.75 Å². The molecular formula is C15H25Cl2N3O2. The van der Waals surface area contributed by atoms with Gasteiger partial charge in [0.1, 0.15) is 5.75 Å². The maximum Gasteiger partial charge on any atom is 0.236 e. The second-order valence-electron chi connectivity index (χ2n) is 5.09. The van der Waals surface area contributed by atoms with Crippen molar-refractivity contribution in [1.82, 2.24) is 15.1 Å². The Morgan fingerprint density at radius 1 is 1.27 bits per heavy atom. The minimum atomic E-state index is 0. The first-order valence-electron chi connectivity index (χ1n) is 6.99. The fourth-order valence-electron chi connectivity index (χ4n) is 2.36. The second kappa shape index (κ2) is 10.7. The molecule has 0 saturated carbocycles. The van der Waals surface area contributed by atoms with Gasteiger partial charge in [0.25, 0.3) is 0 Å². The molecule has 5 nitrogen and oxygen atoms in total. The maximum absolute atomic E-state index is 12.2. The predicted molar refractivity (Wildman–Crippen MR) is 93.3 cm³/mol. The van der Waals surface area contributed by atoms with Crippen LogP contribution < -0.4 is 10.1 Å². The van der Waals surface area contributed by atoms with Crippen molar-refractivity contribution in [2.45, 2.75) is 6.54 Å². The summed E-state index contributed by atoms with van der Waals surface area (Å²) >= 11 is 0. The number of para-hydroxylation sites is 1. The summed E-state index contributed by atoms with van der Waals surface area (Å²) in [7, 11) is 3.50. The van der Waals surface area contributed by atoms with Crippen molar-refractivity contribution in [2.75, 3.05) is 46.9 Å². The zero-order valence-electron chi connectivity index (χ0n) is 13.1. The molecule has 1 amide bonds. The molecule has 0 atom stereocenters. The van der Waals surface area contributed by atoms with E-state index in [4.69, 9.17) is 4.74 Å². The van der Waals surface area contributed by atoms with Gasteiger partial charge in [0.2, 0.25) is 5.91 Å². The first-order chi connectivity index (χ1) is 9.70. The van der Waals surface area contributed by atoms with Crippen molar-refractivity contribution in [3.8, 4) is 5.75 Å². The molecule has 1 heterocycles. The van der Waals surface area contributed by atoms with E-state index in [1.54, 1.807) is 12.0 Å². The topological polar surface area (TPSA) is 44.8 Å². The average molecular weight is 350 g/mol. The lowest BCUT2D eigenvalue weighted by molar-refractivity contribution is -0.131. The van der Waals surface area contributed by atoms with E-state index in [-0.39, 0.29) is 30.7 Å². The monoisotopic (exact) mass is 349 g/mol. The molecule has 7 heteroatoms. The van der Waals surface area contributed by atoms with Gasteiger partial charge in [-0.15, -0.1) is 24.8 Å². The van der Waals surface area contributed by atoms with Crippen molar-refractivity contribution in [3.63, 3.8) is 0 Å². The molecule has 1 aromatic carbocycles. The lowest BCUT2D eigenvalue weighted by Gasteiger charge is -2.28. The van der Waals surface area contributed by atoms with Crippen LogP contribution in [0.1, 0.15) is 5.56 Å². The van der Waals surface area contributed by atoms with Crippen LogP contribution in [0.3, 0.4) is 0 Å². The van der Waals surface area contributed by atoms with Crippen molar-refractivity contribution in [3.05, 3.63) is 29.8 Å². The van der Waals surface area contributed by atoms with E-state index in [1.807, 2.05) is 31.3 Å². The van der Waals surface area contributed by atoms with E-state index in [1.165, 1.54) is 0 Å². The number of nitrogens with zero attached hydrogens (tertiary/aromatic N) is 2. The Bertz CT molecular complexity index is 454. The number of nitrogens with one attached hydrogen (secondary N) is 1. The van der Waals surface area contributed by atoms with Crippen molar-refractivity contribution >= 4 is 30.7 Å². The van der Waals surface area contributed by atoms with Crippen molar-refractivity contribution in [2.24, 2.45) is 0 Å². The number of rotatable bonds is 5. The molecule has 1 aliphatic heterocycles. The van der Waals surface area contributed by atoms with E-state index >= 15 is 0 Å². The van der Waals surface area contributed by atoms with Gasteiger partial charge in [0.05, 0.1) is 13.7 Å². The molecule has 1 saturated heterocycles. The molecule has 0 aliphatic carbocycles. The molecular weight excluding hydrogens is 325 g/mol. The fourth-order valence-corrected chi connectivity index (χ4v) is 2.36. The van der Waals surface area contributed by atoms with E-state index < -0.39 is 0 Å². The molecule has 0 aromatic heterocycles. The number of carbonyl (C=O) groups is 1. The highest BCUT2D eigenvalue weighted by molar-refractivity contribution is 5.85. The number of piperazine rings is 1. The normalized spacial score (nSPS) is 14.5. The van der Waals surface area contributed by atoms with Gasteiger partial charge in [-0.1, -0.05) is 18.2 Å². The summed E-state index contributed by atoms with van der Waals surface area (Å²) in [6.07, 6.45) is 0. The summed E-state index contributed by atoms with van der Waals surface area (Å²) < 4.78 is 5.32. The van der Waals surface area contributed by atoms with Gasteiger partial charge >= 0.3 is 0 Å². The van der Waals surface area contributed by atoms with Gasteiger partial charge in [-0.05, 0) is 6.07 Å². The van der Waals surface area contributed by atoms with Crippen molar-refractivity contribution in [1.29, 1.82) is 0 Å². The second-order valence-corrected chi connectivity index (χ2v) is 5.09. The lowest BCUT2D eigenvalue weighted by Crippen LogP contribution is -2.47. The van der Waals surface area contributed by atoms with E-state index in [9.17, 15) is 4.79 Å². The van der Waals surface area contributed by atoms with Crippen LogP contribution in [0, 0.1) is 0 Å². The van der Waals surface area contributed by atoms with E-state index in [0.29, 0.717) is 13.1 Å². The Morgan fingerprint density at radius 2 is 1.91 bits per heavy atom. The van der Waals surface area contributed by atoms with Gasteiger partial charge in [-0.3, -0.25) is 9.69 Å². The quantitative estimate of drug-likeness (QED) is 0.872. The van der Waals surface area contributed by atoms with Gasteiger partial charge < -0.3 is 15.0 Å². The maximum atomic E-state index is 12.2. The van der Waals surface area contributed by atoms with Crippen LogP contribution in [0.15, 0.2) is 24.3 Å². The Kier molecular flexibility index (Phi) is 10.2. The summed E-state index contributed by atoms with van der Waals surface area (Å²) in [5.41, 5.74) is 1.03. The molecule has 0 radical (unpaired) electrons. The van der Waals surface area contributed by atoms with E-state index in [0.717, 1.165) is 37.5 Å². The number of amides is 1. The van der Waals surface area contributed by atoms with Crippen LogP contribution in [0.2, 0.25) is 0 Å². The lowest BCUT2D eigenvalue weighted by atomic mass is 10.2. The number of methoxy groups -OCH3 is 1. The van der Waals surface area contributed by atoms with Crippen LogP contribution >= 0.6 is 24.8 Å².